The zero-order chi connectivity index (χ0) is 11.2. The first-order valence-corrected chi connectivity index (χ1v) is 5.53. The van der Waals surface area contributed by atoms with Gasteiger partial charge >= 0.3 is 0 Å². The molecule has 2 aromatic carbocycles. The molecule has 0 radical (unpaired) electrons. The first kappa shape index (κ1) is 8.70. The SMILES string of the molecule is c1c[nH]c2ccc3ccc4ncnc4c3c2c1. The van der Waals surface area contributed by atoms with Crippen molar-refractivity contribution in [3.63, 3.8) is 0 Å². The van der Waals surface area contributed by atoms with Gasteiger partial charge in [0.1, 0.15) is 6.33 Å². The van der Waals surface area contributed by atoms with Crippen LogP contribution in [0, 0.1) is 0 Å². The van der Waals surface area contributed by atoms with Gasteiger partial charge in [0.05, 0.1) is 11.0 Å². The fraction of sp³-hybridized carbons (Fsp3) is 0. The van der Waals surface area contributed by atoms with Gasteiger partial charge in [-0.15, -0.1) is 0 Å². The molecule has 4 rings (SSSR count). The van der Waals surface area contributed by atoms with Crippen molar-refractivity contribution in [1.82, 2.24) is 15.0 Å². The maximum absolute atomic E-state index is 4.37. The first-order chi connectivity index (χ1) is 8.43. The van der Waals surface area contributed by atoms with Gasteiger partial charge in [0.2, 0.25) is 0 Å². The normalized spacial score (nSPS) is 11.5. The van der Waals surface area contributed by atoms with E-state index >= 15 is 0 Å². The van der Waals surface area contributed by atoms with E-state index in [2.05, 4.69) is 39.2 Å². The van der Waals surface area contributed by atoms with E-state index in [4.69, 9.17) is 0 Å². The van der Waals surface area contributed by atoms with E-state index in [1.54, 1.807) is 6.33 Å². The second-order valence-corrected chi connectivity index (χ2v) is 4.10. The van der Waals surface area contributed by atoms with Crippen molar-refractivity contribution in [2.45, 2.75) is 0 Å². The Hall–Kier alpha value is -2.42. The lowest BCUT2D eigenvalue weighted by molar-refractivity contribution is 1.35. The highest BCUT2D eigenvalue weighted by Crippen LogP contribution is 2.29. The average molecular weight is 219 g/mol. The monoisotopic (exact) mass is 219 g/mol. The van der Waals surface area contributed by atoms with Crippen LogP contribution in [0.2, 0.25) is 0 Å². The molecule has 0 saturated heterocycles. The van der Waals surface area contributed by atoms with Gasteiger partial charge in [0.15, 0.2) is 0 Å². The predicted molar refractivity (Wildman–Crippen MR) is 68.9 cm³/mol. The minimum atomic E-state index is 0.953. The molecule has 0 saturated carbocycles. The Kier molecular flexibility index (Phi) is 1.56. The highest BCUT2D eigenvalue weighted by molar-refractivity contribution is 6.17. The van der Waals surface area contributed by atoms with Crippen molar-refractivity contribution in [3.8, 4) is 0 Å². The average Bonchev–Trinajstić information content (AvgIpc) is 2.86. The van der Waals surface area contributed by atoms with Crippen LogP contribution in [0.25, 0.3) is 32.7 Å². The van der Waals surface area contributed by atoms with E-state index in [1.807, 2.05) is 18.3 Å². The third-order valence-corrected chi connectivity index (χ3v) is 3.16. The zero-order valence-corrected chi connectivity index (χ0v) is 9.01. The molecule has 17 heavy (non-hydrogen) atoms. The third-order valence-electron chi connectivity index (χ3n) is 3.16. The van der Waals surface area contributed by atoms with Crippen LogP contribution in [0.3, 0.4) is 0 Å². The summed E-state index contributed by atoms with van der Waals surface area (Å²) in [5, 5.41) is 3.57. The second-order valence-electron chi connectivity index (χ2n) is 4.10. The molecule has 2 heterocycles. The number of imidazole rings is 1. The first-order valence-electron chi connectivity index (χ1n) is 5.53. The predicted octanol–water partition coefficient (Wildman–Crippen LogP) is 3.26. The summed E-state index contributed by atoms with van der Waals surface area (Å²) in [6.45, 7) is 0. The number of nitrogens with zero attached hydrogens (tertiary/aromatic N) is 2. The van der Waals surface area contributed by atoms with E-state index in [0.29, 0.717) is 0 Å². The number of rotatable bonds is 0. The lowest BCUT2D eigenvalue weighted by Crippen LogP contribution is -1.82. The van der Waals surface area contributed by atoms with Crippen molar-refractivity contribution < 1.29 is 0 Å². The Morgan fingerprint density at radius 3 is 2.88 bits per heavy atom. The van der Waals surface area contributed by atoms with Crippen LogP contribution in [0.4, 0.5) is 0 Å². The third kappa shape index (κ3) is 1.11. The van der Waals surface area contributed by atoms with Gasteiger partial charge in [-0.1, -0.05) is 18.2 Å². The molecular formula is C14H9N3. The maximum Gasteiger partial charge on any atom is 0.116 e. The summed E-state index contributed by atoms with van der Waals surface area (Å²) in [7, 11) is 0. The fourth-order valence-electron chi connectivity index (χ4n) is 2.38. The number of aromatic nitrogens is 3. The molecule has 0 atom stereocenters. The summed E-state index contributed by atoms with van der Waals surface area (Å²) < 4.78 is 0. The van der Waals surface area contributed by atoms with Crippen molar-refractivity contribution >= 4 is 32.7 Å². The number of benzene rings is 2. The summed E-state index contributed by atoms with van der Waals surface area (Å²) in [4.78, 5) is 11.9. The molecule has 0 aliphatic carbocycles. The van der Waals surface area contributed by atoms with Crippen molar-refractivity contribution in [2.75, 3.05) is 0 Å². The summed E-state index contributed by atoms with van der Waals surface area (Å²) in [6, 6.07) is 12.4. The lowest BCUT2D eigenvalue weighted by atomic mass is 10.0. The molecule has 80 valence electrons. The lowest BCUT2D eigenvalue weighted by Gasteiger charge is -2.04. The number of H-pyrrole nitrogens is 1. The molecule has 0 fully saturated rings. The number of hydrogen-bond acceptors (Lipinski definition) is 2. The zero-order valence-electron chi connectivity index (χ0n) is 9.01. The number of nitrogens with one attached hydrogen (secondary N) is 1. The number of hydrogen-bond donors (Lipinski definition) is 1. The fourth-order valence-corrected chi connectivity index (χ4v) is 2.38. The molecule has 0 amide bonds. The van der Waals surface area contributed by atoms with Crippen LogP contribution < -0.4 is 0 Å². The minimum Gasteiger partial charge on any atom is -0.361 e. The highest BCUT2D eigenvalue weighted by atomic mass is 14.9. The quantitative estimate of drug-likeness (QED) is 0.461. The number of aromatic amines is 1. The molecule has 0 bridgehead atoms. The smallest absolute Gasteiger partial charge is 0.116 e. The Labute approximate surface area is 97.1 Å². The van der Waals surface area contributed by atoms with Crippen LogP contribution in [0.5, 0.6) is 0 Å². The second kappa shape index (κ2) is 3.04. The molecule has 0 unspecified atom stereocenters. The Bertz CT molecular complexity index is 846. The van der Waals surface area contributed by atoms with Crippen LogP contribution in [0.1, 0.15) is 0 Å². The molecule has 4 aromatic rings. The van der Waals surface area contributed by atoms with Gasteiger partial charge in [-0.05, 0) is 23.6 Å². The number of fused-ring (bicyclic) bond motifs is 5. The molecule has 3 nitrogen and oxygen atoms in total. The van der Waals surface area contributed by atoms with Gasteiger partial charge in [0, 0.05) is 22.5 Å². The standard InChI is InChI=1S/C14H9N3/c1-2-10-11(15-7-1)5-3-9-4-6-12-14(13(9)10)17-8-16-12/h1-8,15H. The maximum atomic E-state index is 4.37. The van der Waals surface area contributed by atoms with Gasteiger partial charge in [-0.25, -0.2) is 9.97 Å². The molecular weight excluding hydrogens is 210 g/mol. The Morgan fingerprint density at radius 2 is 1.88 bits per heavy atom. The van der Waals surface area contributed by atoms with Crippen LogP contribution in [-0.2, 0) is 0 Å². The Morgan fingerprint density at radius 1 is 0.941 bits per heavy atom. The van der Waals surface area contributed by atoms with Crippen molar-refractivity contribution in [3.05, 3.63) is 48.9 Å². The largest absolute Gasteiger partial charge is 0.361 e. The topological polar surface area (TPSA) is 41.6 Å². The molecule has 0 spiro atoms. The van der Waals surface area contributed by atoms with E-state index < -0.39 is 0 Å². The van der Waals surface area contributed by atoms with Gasteiger partial charge in [-0.3, -0.25) is 0 Å². The van der Waals surface area contributed by atoms with Gasteiger partial charge in [0.25, 0.3) is 0 Å². The molecule has 2 aromatic heterocycles. The number of pyridine rings is 1. The molecule has 3 heteroatoms. The minimum absolute atomic E-state index is 0.953. The summed E-state index contributed by atoms with van der Waals surface area (Å²) in [5.74, 6) is 0. The van der Waals surface area contributed by atoms with E-state index in [1.165, 1.54) is 16.2 Å². The van der Waals surface area contributed by atoms with Gasteiger partial charge in [-0.2, -0.15) is 0 Å². The van der Waals surface area contributed by atoms with Crippen LogP contribution in [-0.4, -0.2) is 15.0 Å². The summed E-state index contributed by atoms with van der Waals surface area (Å²) in [5.41, 5.74) is 3.05. The van der Waals surface area contributed by atoms with Crippen molar-refractivity contribution in [2.24, 2.45) is 0 Å². The van der Waals surface area contributed by atoms with E-state index in [0.717, 1.165) is 16.6 Å². The van der Waals surface area contributed by atoms with E-state index in [-0.39, 0.29) is 0 Å². The van der Waals surface area contributed by atoms with Crippen molar-refractivity contribution in [1.29, 1.82) is 0 Å². The Balaban J connectivity index is 2.41. The van der Waals surface area contributed by atoms with Crippen LogP contribution in [0.15, 0.2) is 48.9 Å². The summed E-state index contributed by atoms with van der Waals surface area (Å²) in [6.07, 6.45) is 3.56. The van der Waals surface area contributed by atoms with Crippen LogP contribution >= 0.6 is 0 Å². The van der Waals surface area contributed by atoms with Gasteiger partial charge < -0.3 is 4.98 Å². The van der Waals surface area contributed by atoms with E-state index in [9.17, 15) is 0 Å². The summed E-state index contributed by atoms with van der Waals surface area (Å²) >= 11 is 0. The molecule has 0 aliphatic rings. The molecule has 1 N–H and O–H groups in total. The molecule has 0 aliphatic heterocycles. The highest BCUT2D eigenvalue weighted by Gasteiger charge is 2.06.